The van der Waals surface area contributed by atoms with Gasteiger partial charge in [-0.15, -0.1) is 0 Å². The highest BCUT2D eigenvalue weighted by Crippen LogP contribution is 2.25. The molecule has 0 aliphatic heterocycles. The molecule has 0 radical (unpaired) electrons. The predicted octanol–water partition coefficient (Wildman–Crippen LogP) is 2.86. The van der Waals surface area contributed by atoms with E-state index >= 15 is 0 Å². The summed E-state index contributed by atoms with van der Waals surface area (Å²) in [6, 6.07) is 0. The maximum Gasteiger partial charge on any atom is 0.309 e. The van der Waals surface area contributed by atoms with Crippen molar-refractivity contribution < 1.29 is 19.1 Å². The Balaban J connectivity index is 4.57. The highest BCUT2D eigenvalue weighted by molar-refractivity contribution is 7.81. The van der Waals surface area contributed by atoms with E-state index in [4.69, 9.17) is 9.47 Å². The van der Waals surface area contributed by atoms with Gasteiger partial charge in [-0.2, -0.15) is 25.3 Å². The molecule has 0 aromatic rings. The first-order valence-corrected chi connectivity index (χ1v) is 7.30. The van der Waals surface area contributed by atoms with Crippen molar-refractivity contribution in [1.29, 1.82) is 0 Å². The molecule has 0 aliphatic rings. The van der Waals surface area contributed by atoms with Crippen LogP contribution in [0.1, 0.15) is 47.5 Å². The Morgan fingerprint density at radius 3 is 1.47 bits per heavy atom. The molecule has 0 aliphatic carbocycles. The van der Waals surface area contributed by atoms with Crippen molar-refractivity contribution in [2.45, 2.75) is 64.3 Å². The Bertz CT molecular complexity index is 284. The molecule has 0 bridgehead atoms. The van der Waals surface area contributed by atoms with Crippen molar-refractivity contribution >= 4 is 37.2 Å². The number of thiol groups is 2. The Morgan fingerprint density at radius 1 is 0.947 bits per heavy atom. The van der Waals surface area contributed by atoms with Gasteiger partial charge in [-0.3, -0.25) is 9.59 Å². The van der Waals surface area contributed by atoms with E-state index in [2.05, 4.69) is 25.3 Å². The van der Waals surface area contributed by atoms with Crippen molar-refractivity contribution in [1.82, 2.24) is 0 Å². The zero-order valence-corrected chi connectivity index (χ0v) is 14.0. The lowest BCUT2D eigenvalue weighted by Gasteiger charge is -2.29. The highest BCUT2D eigenvalue weighted by Gasteiger charge is 2.32. The molecule has 6 heteroatoms. The molecule has 19 heavy (non-hydrogen) atoms. The second-order valence-electron chi connectivity index (χ2n) is 5.78. The van der Waals surface area contributed by atoms with Crippen LogP contribution in [-0.4, -0.2) is 28.7 Å². The summed E-state index contributed by atoms with van der Waals surface area (Å²) in [5, 5.41) is -0.192. The molecule has 0 aromatic heterocycles. The lowest BCUT2D eigenvalue weighted by atomic mass is 9.96. The fourth-order valence-corrected chi connectivity index (χ4v) is 1.49. The van der Waals surface area contributed by atoms with Crippen LogP contribution in [0.2, 0.25) is 0 Å². The number of hydrogen-bond acceptors (Lipinski definition) is 6. The SMILES string of the molecule is CC(S)CC(=O)OC(OC(=O)CC(C)S)C(C)(C)C. The molecule has 0 aromatic carbocycles. The van der Waals surface area contributed by atoms with E-state index in [0.717, 1.165) is 0 Å². The van der Waals surface area contributed by atoms with E-state index in [-0.39, 0.29) is 23.3 Å². The summed E-state index contributed by atoms with van der Waals surface area (Å²) in [4.78, 5) is 23.3. The summed E-state index contributed by atoms with van der Waals surface area (Å²) in [6.45, 7) is 9.11. The van der Waals surface area contributed by atoms with Gasteiger partial charge >= 0.3 is 11.9 Å². The van der Waals surface area contributed by atoms with Gasteiger partial charge in [0.25, 0.3) is 6.29 Å². The molecule has 0 spiro atoms. The number of carbonyl (C=O) groups excluding carboxylic acids is 2. The van der Waals surface area contributed by atoms with Crippen molar-refractivity contribution in [2.75, 3.05) is 0 Å². The van der Waals surface area contributed by atoms with Crippen molar-refractivity contribution in [2.24, 2.45) is 5.41 Å². The van der Waals surface area contributed by atoms with Gasteiger partial charge in [-0.1, -0.05) is 34.6 Å². The molecule has 0 saturated heterocycles. The van der Waals surface area contributed by atoms with Gasteiger partial charge in [0, 0.05) is 15.9 Å². The Hall–Kier alpha value is -0.360. The van der Waals surface area contributed by atoms with Crippen LogP contribution in [0.25, 0.3) is 0 Å². The number of ether oxygens (including phenoxy) is 2. The van der Waals surface area contributed by atoms with Crippen molar-refractivity contribution in [3.63, 3.8) is 0 Å². The summed E-state index contributed by atoms with van der Waals surface area (Å²) in [5.41, 5.74) is -0.481. The Labute approximate surface area is 126 Å². The Kier molecular flexibility index (Phi) is 7.89. The molecular formula is C13H24O4S2. The van der Waals surface area contributed by atoms with E-state index < -0.39 is 23.6 Å². The van der Waals surface area contributed by atoms with Gasteiger partial charge in [0.15, 0.2) is 0 Å². The minimum absolute atomic E-state index is 0.0960. The third kappa shape index (κ3) is 9.21. The van der Waals surface area contributed by atoms with E-state index in [1.54, 1.807) is 13.8 Å². The second-order valence-corrected chi connectivity index (χ2v) is 7.55. The van der Waals surface area contributed by atoms with E-state index in [1.165, 1.54) is 0 Å². The van der Waals surface area contributed by atoms with Crippen LogP contribution in [0.3, 0.4) is 0 Å². The lowest BCUT2D eigenvalue weighted by molar-refractivity contribution is -0.207. The van der Waals surface area contributed by atoms with Crippen LogP contribution in [0.15, 0.2) is 0 Å². The van der Waals surface area contributed by atoms with Crippen LogP contribution >= 0.6 is 25.3 Å². The predicted molar refractivity (Wildman–Crippen MR) is 81.6 cm³/mol. The normalized spacial score (nSPS) is 16.4. The summed E-state index contributed by atoms with van der Waals surface area (Å²) < 4.78 is 10.4. The average molecular weight is 308 g/mol. The molecular weight excluding hydrogens is 284 g/mol. The van der Waals surface area contributed by atoms with Gasteiger partial charge in [-0.05, 0) is 0 Å². The quantitative estimate of drug-likeness (QED) is 0.450. The number of esters is 2. The highest BCUT2D eigenvalue weighted by atomic mass is 32.1. The lowest BCUT2D eigenvalue weighted by Crippen LogP contribution is -2.36. The maximum atomic E-state index is 11.6. The minimum atomic E-state index is -0.897. The second kappa shape index (κ2) is 8.04. The standard InChI is InChI=1S/C13H24O4S2/c1-8(18)6-10(14)16-12(13(3,4)5)17-11(15)7-9(2)19/h8-9,12,18-19H,6-7H2,1-5H3. The third-order valence-electron chi connectivity index (χ3n) is 2.11. The van der Waals surface area contributed by atoms with Crippen LogP contribution in [-0.2, 0) is 19.1 Å². The van der Waals surface area contributed by atoms with Crippen molar-refractivity contribution in [3.8, 4) is 0 Å². The monoisotopic (exact) mass is 308 g/mol. The van der Waals surface area contributed by atoms with E-state index in [1.807, 2.05) is 20.8 Å². The molecule has 0 N–H and O–H groups in total. The summed E-state index contributed by atoms with van der Waals surface area (Å²) >= 11 is 8.26. The molecule has 0 fully saturated rings. The average Bonchev–Trinajstić information content (AvgIpc) is 2.11. The first-order chi connectivity index (χ1) is 8.52. The minimum Gasteiger partial charge on any atom is -0.425 e. The third-order valence-corrected chi connectivity index (χ3v) is 2.47. The van der Waals surface area contributed by atoms with Gasteiger partial charge < -0.3 is 9.47 Å². The summed E-state index contributed by atoms with van der Waals surface area (Å²) in [7, 11) is 0. The van der Waals surface area contributed by atoms with Crippen LogP contribution in [0.4, 0.5) is 0 Å². The number of carbonyl (C=O) groups is 2. The first kappa shape index (κ1) is 18.6. The van der Waals surface area contributed by atoms with Gasteiger partial charge in [0.1, 0.15) is 0 Å². The molecule has 4 nitrogen and oxygen atoms in total. The number of hydrogen-bond donors (Lipinski definition) is 2. The molecule has 2 atom stereocenters. The van der Waals surface area contributed by atoms with Gasteiger partial charge in [0.2, 0.25) is 0 Å². The topological polar surface area (TPSA) is 52.6 Å². The molecule has 112 valence electrons. The zero-order valence-electron chi connectivity index (χ0n) is 12.2. The van der Waals surface area contributed by atoms with Crippen LogP contribution in [0, 0.1) is 5.41 Å². The van der Waals surface area contributed by atoms with E-state index in [9.17, 15) is 9.59 Å². The fourth-order valence-electron chi connectivity index (χ4n) is 1.20. The van der Waals surface area contributed by atoms with Crippen LogP contribution < -0.4 is 0 Å². The molecule has 0 saturated carbocycles. The summed E-state index contributed by atoms with van der Waals surface area (Å²) in [5.74, 6) is -0.844. The smallest absolute Gasteiger partial charge is 0.309 e. The largest absolute Gasteiger partial charge is 0.425 e. The zero-order chi connectivity index (χ0) is 15.2. The maximum absolute atomic E-state index is 11.6. The fraction of sp³-hybridized carbons (Fsp3) is 0.846. The van der Waals surface area contributed by atoms with Crippen LogP contribution in [0.5, 0.6) is 0 Å². The molecule has 0 amide bonds. The summed E-state index contributed by atoms with van der Waals surface area (Å²) in [6.07, 6.45) is -0.543. The molecule has 0 rings (SSSR count). The van der Waals surface area contributed by atoms with Crippen molar-refractivity contribution in [3.05, 3.63) is 0 Å². The number of rotatable bonds is 6. The molecule has 0 heterocycles. The Morgan fingerprint density at radius 2 is 1.26 bits per heavy atom. The van der Waals surface area contributed by atoms with Gasteiger partial charge in [-0.25, -0.2) is 0 Å². The first-order valence-electron chi connectivity index (χ1n) is 6.27. The van der Waals surface area contributed by atoms with Gasteiger partial charge in [0.05, 0.1) is 12.8 Å². The van der Waals surface area contributed by atoms with E-state index in [0.29, 0.717) is 0 Å². The molecule has 2 unspecified atom stereocenters.